The second-order valence-electron chi connectivity index (χ2n) is 8.59. The Bertz CT molecular complexity index is 934. The summed E-state index contributed by atoms with van der Waals surface area (Å²) in [5, 5.41) is 12.8. The Morgan fingerprint density at radius 2 is 1.91 bits per heavy atom. The van der Waals surface area contributed by atoms with Gasteiger partial charge in [0.05, 0.1) is 5.41 Å². The van der Waals surface area contributed by atoms with Crippen LogP contribution in [-0.2, 0) is 11.2 Å². The summed E-state index contributed by atoms with van der Waals surface area (Å²) in [6.45, 7) is 0.255. The molecule has 1 saturated carbocycles. The highest BCUT2D eigenvalue weighted by Crippen LogP contribution is 2.66. The normalized spacial score (nSPS) is 17.1. The highest BCUT2D eigenvalue weighted by atomic mass is 35.5. The van der Waals surface area contributed by atoms with Crippen LogP contribution in [0.15, 0.2) is 42.7 Å². The maximum atomic E-state index is 13.8. The summed E-state index contributed by atoms with van der Waals surface area (Å²) in [6, 6.07) is 7.69. The summed E-state index contributed by atoms with van der Waals surface area (Å²) < 4.78 is 41.5. The van der Waals surface area contributed by atoms with E-state index >= 15 is 0 Å². The van der Waals surface area contributed by atoms with Crippen molar-refractivity contribution in [2.75, 3.05) is 20.6 Å². The third-order valence-corrected chi connectivity index (χ3v) is 6.63. The van der Waals surface area contributed by atoms with E-state index in [1.807, 2.05) is 19.0 Å². The lowest BCUT2D eigenvalue weighted by atomic mass is 9.80. The van der Waals surface area contributed by atoms with Crippen LogP contribution in [0, 0.1) is 5.41 Å². The third-order valence-electron chi connectivity index (χ3n) is 6.28. The van der Waals surface area contributed by atoms with Crippen LogP contribution in [0.1, 0.15) is 36.3 Å². The fraction of sp³-hybridized carbons (Fsp3) is 0.478. The van der Waals surface area contributed by atoms with Crippen molar-refractivity contribution in [3.8, 4) is 5.75 Å². The number of nitrogens with zero attached hydrogens (tertiary/aromatic N) is 2. The quantitative estimate of drug-likeness (QED) is 0.565. The van der Waals surface area contributed by atoms with Gasteiger partial charge in [-0.2, -0.15) is 13.2 Å². The number of aromatic nitrogens is 1. The Balaban J connectivity index is 1.69. The number of aromatic hydroxyl groups is 1. The highest BCUT2D eigenvalue weighted by Gasteiger charge is 2.67. The molecule has 5 nitrogen and oxygen atoms in total. The van der Waals surface area contributed by atoms with E-state index in [4.69, 9.17) is 11.6 Å². The molecule has 1 aromatic carbocycles. The number of amides is 1. The molecule has 1 amide bonds. The largest absolute Gasteiger partial charge is 0.508 e. The van der Waals surface area contributed by atoms with Gasteiger partial charge in [0.2, 0.25) is 5.91 Å². The average Bonchev–Trinajstić information content (AvgIpc) is 3.53. The van der Waals surface area contributed by atoms with Crippen molar-refractivity contribution in [3.05, 3.63) is 58.9 Å². The maximum Gasteiger partial charge on any atom is 0.395 e. The average molecular weight is 470 g/mol. The van der Waals surface area contributed by atoms with Crippen LogP contribution >= 0.6 is 11.6 Å². The molecule has 174 valence electrons. The molecule has 32 heavy (non-hydrogen) atoms. The molecule has 2 atom stereocenters. The first-order chi connectivity index (χ1) is 15.0. The van der Waals surface area contributed by atoms with Crippen molar-refractivity contribution in [3.63, 3.8) is 0 Å². The van der Waals surface area contributed by atoms with E-state index in [-0.39, 0.29) is 37.6 Å². The third kappa shape index (κ3) is 5.53. The number of alkyl halides is 3. The van der Waals surface area contributed by atoms with Gasteiger partial charge in [-0.15, -0.1) is 0 Å². The molecule has 2 aromatic rings. The van der Waals surface area contributed by atoms with E-state index in [1.165, 1.54) is 24.5 Å². The van der Waals surface area contributed by atoms with Crippen LogP contribution in [0.3, 0.4) is 0 Å². The van der Waals surface area contributed by atoms with E-state index in [9.17, 15) is 23.1 Å². The number of carbonyl (C=O) groups is 1. The number of phenolic OH excluding ortho intramolecular Hbond substituents is 1. The predicted octanol–water partition coefficient (Wildman–Crippen LogP) is 4.55. The van der Waals surface area contributed by atoms with E-state index < -0.39 is 23.4 Å². The van der Waals surface area contributed by atoms with Crippen molar-refractivity contribution in [2.45, 2.75) is 43.8 Å². The van der Waals surface area contributed by atoms with E-state index in [0.717, 1.165) is 5.56 Å². The van der Waals surface area contributed by atoms with Crippen LogP contribution in [0.4, 0.5) is 13.2 Å². The lowest BCUT2D eigenvalue weighted by Gasteiger charge is -2.30. The smallest absolute Gasteiger partial charge is 0.395 e. The first-order valence-corrected chi connectivity index (χ1v) is 10.8. The summed E-state index contributed by atoms with van der Waals surface area (Å²) in [4.78, 5) is 18.6. The van der Waals surface area contributed by atoms with Crippen molar-refractivity contribution < 1.29 is 23.1 Å². The number of nitrogens with one attached hydrogen (secondary N) is 1. The van der Waals surface area contributed by atoms with Crippen LogP contribution in [0.2, 0.25) is 5.02 Å². The summed E-state index contributed by atoms with van der Waals surface area (Å²) >= 11 is 6.20. The lowest BCUT2D eigenvalue weighted by molar-refractivity contribution is -0.194. The van der Waals surface area contributed by atoms with Gasteiger partial charge in [-0.25, -0.2) is 0 Å². The van der Waals surface area contributed by atoms with Crippen molar-refractivity contribution >= 4 is 17.5 Å². The topological polar surface area (TPSA) is 65.5 Å². The van der Waals surface area contributed by atoms with Crippen molar-refractivity contribution in [1.29, 1.82) is 0 Å². The molecule has 1 aliphatic rings. The second-order valence-corrected chi connectivity index (χ2v) is 9.00. The number of hydrogen-bond acceptors (Lipinski definition) is 4. The van der Waals surface area contributed by atoms with Crippen LogP contribution in [0.25, 0.3) is 0 Å². The summed E-state index contributed by atoms with van der Waals surface area (Å²) in [6.07, 6.45) is -1.15. The Labute approximate surface area is 190 Å². The van der Waals surface area contributed by atoms with E-state index in [1.54, 1.807) is 18.2 Å². The summed E-state index contributed by atoms with van der Waals surface area (Å²) in [5.74, 6) is -1.31. The molecule has 1 aromatic heterocycles. The Kier molecular flexibility index (Phi) is 7.35. The molecule has 0 aliphatic heterocycles. The molecule has 0 bridgehead atoms. The number of carbonyl (C=O) groups excluding carboxylic acids is 1. The Morgan fingerprint density at radius 3 is 2.44 bits per heavy atom. The number of pyridine rings is 1. The van der Waals surface area contributed by atoms with Crippen molar-refractivity contribution in [1.82, 2.24) is 15.2 Å². The standard InChI is InChI=1S/C23H27ClF3N3O2/c1-30(2)17(11-16-3-4-18(31)12-20(16)24)14-29-21(32)13-19(15-5-9-28-10-6-15)22(7-8-22)23(25,26)27/h3-6,9-10,12,17,19,31H,7-8,11,13-14H2,1-2H3,(H,29,32)/t17-,19-/m0/s1. The van der Waals surface area contributed by atoms with Gasteiger partial charge in [0, 0.05) is 42.3 Å². The molecule has 1 aliphatic carbocycles. The zero-order valence-corrected chi connectivity index (χ0v) is 18.7. The van der Waals surface area contributed by atoms with Gasteiger partial charge >= 0.3 is 6.18 Å². The second kappa shape index (κ2) is 9.67. The van der Waals surface area contributed by atoms with E-state index in [2.05, 4.69) is 10.3 Å². The fourth-order valence-electron chi connectivity index (χ4n) is 4.07. The zero-order valence-electron chi connectivity index (χ0n) is 18.0. The molecule has 9 heteroatoms. The molecule has 1 heterocycles. The number of benzene rings is 1. The first kappa shape index (κ1) is 24.3. The predicted molar refractivity (Wildman–Crippen MR) is 117 cm³/mol. The van der Waals surface area contributed by atoms with E-state index in [0.29, 0.717) is 17.0 Å². The van der Waals surface area contributed by atoms with Crippen molar-refractivity contribution in [2.24, 2.45) is 5.41 Å². The molecule has 2 N–H and O–H groups in total. The molecule has 0 unspecified atom stereocenters. The van der Waals surface area contributed by atoms with Gasteiger partial charge in [0.15, 0.2) is 0 Å². The lowest BCUT2D eigenvalue weighted by Crippen LogP contribution is -2.42. The molecule has 3 rings (SSSR count). The van der Waals surface area contributed by atoms with Gasteiger partial charge in [-0.1, -0.05) is 17.7 Å². The minimum absolute atomic E-state index is 0.0242. The number of rotatable bonds is 9. The van der Waals surface area contributed by atoms with Crippen LogP contribution < -0.4 is 5.32 Å². The monoisotopic (exact) mass is 469 g/mol. The molecule has 1 fully saturated rings. The first-order valence-electron chi connectivity index (χ1n) is 10.4. The highest BCUT2D eigenvalue weighted by molar-refractivity contribution is 6.31. The van der Waals surface area contributed by atoms with Gasteiger partial charge in [0.25, 0.3) is 0 Å². The minimum atomic E-state index is -4.37. The van der Waals surface area contributed by atoms with Gasteiger partial charge < -0.3 is 15.3 Å². The molecular formula is C23H27ClF3N3O2. The van der Waals surface area contributed by atoms with Crippen LogP contribution in [0.5, 0.6) is 5.75 Å². The Hall–Kier alpha value is -2.32. The number of hydrogen-bond donors (Lipinski definition) is 2. The zero-order chi connectivity index (χ0) is 23.5. The molecule has 0 saturated heterocycles. The fourth-order valence-corrected chi connectivity index (χ4v) is 4.33. The summed E-state index contributed by atoms with van der Waals surface area (Å²) in [7, 11) is 3.71. The van der Waals surface area contributed by atoms with Gasteiger partial charge in [-0.3, -0.25) is 9.78 Å². The Morgan fingerprint density at radius 1 is 1.25 bits per heavy atom. The molecule has 0 spiro atoms. The van der Waals surface area contributed by atoms with Crippen LogP contribution in [-0.4, -0.2) is 53.8 Å². The maximum absolute atomic E-state index is 13.8. The number of likely N-dealkylation sites (N-methyl/N-ethyl adjacent to an activating group) is 1. The SMILES string of the molecule is CN(C)[C@H](CNC(=O)C[C@@H](c1ccncc1)C1(C(F)(F)F)CC1)Cc1ccc(O)cc1Cl. The molecular weight excluding hydrogens is 443 g/mol. The summed E-state index contributed by atoms with van der Waals surface area (Å²) in [5.41, 5.74) is -0.572. The van der Waals surface area contributed by atoms with Gasteiger partial charge in [0.1, 0.15) is 5.75 Å². The number of phenols is 1. The molecule has 0 radical (unpaired) electrons. The minimum Gasteiger partial charge on any atom is -0.508 e. The number of halogens is 4. The van der Waals surface area contributed by atoms with Gasteiger partial charge in [-0.05, 0) is 68.8 Å².